The lowest BCUT2D eigenvalue weighted by molar-refractivity contribution is -0.385. The summed E-state index contributed by atoms with van der Waals surface area (Å²) in [6.07, 6.45) is 7.79. The van der Waals surface area contributed by atoms with E-state index in [1.54, 1.807) is 12.1 Å². The third-order valence-corrected chi connectivity index (χ3v) is 3.18. The average molecular weight is 361 g/mol. The zero-order valence-corrected chi connectivity index (χ0v) is 13.9. The highest BCUT2D eigenvalue weighted by Crippen LogP contribution is 2.35. The summed E-state index contributed by atoms with van der Waals surface area (Å²) in [6.45, 7) is 0.0664. The molecular weight excluding hydrogens is 348 g/mol. The van der Waals surface area contributed by atoms with Gasteiger partial charge in [-0.05, 0) is 23.8 Å². The number of hydrazone groups is 1. The minimum absolute atomic E-state index is 0.0664. The second kappa shape index (κ2) is 8.52. The van der Waals surface area contributed by atoms with Crippen LogP contribution in [0, 0.1) is 22.5 Å². The molecule has 9 heteroatoms. The number of nitrogens with zero attached hydrogens (tertiary/aromatic N) is 3. The molecule has 2 aromatic rings. The molecule has 0 amide bonds. The van der Waals surface area contributed by atoms with Gasteiger partial charge in [0.2, 0.25) is 0 Å². The lowest BCUT2D eigenvalue weighted by atomic mass is 10.2. The highest BCUT2D eigenvalue weighted by molar-refractivity contribution is 6.32. The van der Waals surface area contributed by atoms with E-state index in [2.05, 4.69) is 21.4 Å². The Kier molecular flexibility index (Phi) is 6.14. The molecule has 1 heterocycles. The van der Waals surface area contributed by atoms with Gasteiger partial charge in [0.25, 0.3) is 5.69 Å². The van der Waals surface area contributed by atoms with E-state index in [9.17, 15) is 10.1 Å². The van der Waals surface area contributed by atoms with Crippen molar-refractivity contribution in [1.29, 1.82) is 0 Å². The third kappa shape index (κ3) is 4.83. The second-order valence-electron chi connectivity index (χ2n) is 4.56. The molecule has 128 valence electrons. The maximum atomic E-state index is 10.6. The van der Waals surface area contributed by atoms with Gasteiger partial charge in [-0.2, -0.15) is 5.10 Å². The van der Waals surface area contributed by atoms with Crippen LogP contribution in [0.1, 0.15) is 5.56 Å². The van der Waals surface area contributed by atoms with Gasteiger partial charge in [0.05, 0.1) is 23.3 Å². The smallest absolute Gasteiger partial charge is 0.287 e. The first-order valence-electron chi connectivity index (χ1n) is 6.88. The summed E-state index contributed by atoms with van der Waals surface area (Å²) in [5.41, 5.74) is 3.20. The molecule has 1 N–H and O–H groups in total. The number of ether oxygens (including phenoxy) is 2. The number of pyridine rings is 1. The molecule has 1 aromatic heterocycles. The molecule has 1 aromatic carbocycles. The predicted octanol–water partition coefficient (Wildman–Crippen LogP) is 3.11. The van der Waals surface area contributed by atoms with Crippen LogP contribution in [-0.4, -0.2) is 29.8 Å². The van der Waals surface area contributed by atoms with Crippen molar-refractivity contribution in [3.63, 3.8) is 0 Å². The van der Waals surface area contributed by atoms with Gasteiger partial charge in [-0.25, -0.2) is 4.98 Å². The molecule has 8 nitrogen and oxygen atoms in total. The van der Waals surface area contributed by atoms with Crippen molar-refractivity contribution in [1.82, 2.24) is 4.98 Å². The lowest BCUT2D eigenvalue weighted by Gasteiger charge is -2.11. The molecule has 0 atom stereocenters. The van der Waals surface area contributed by atoms with Crippen molar-refractivity contribution in [3.05, 3.63) is 51.2 Å². The molecule has 0 aliphatic carbocycles. The van der Waals surface area contributed by atoms with Crippen molar-refractivity contribution in [2.24, 2.45) is 5.10 Å². The van der Waals surface area contributed by atoms with Crippen molar-refractivity contribution < 1.29 is 14.4 Å². The van der Waals surface area contributed by atoms with Crippen LogP contribution in [0.3, 0.4) is 0 Å². The first kappa shape index (κ1) is 18.0. The Labute approximate surface area is 148 Å². The number of hydrogen-bond acceptors (Lipinski definition) is 7. The van der Waals surface area contributed by atoms with Gasteiger partial charge in [-0.1, -0.05) is 17.5 Å². The number of rotatable bonds is 7. The standard InChI is InChI=1S/C16H13ClN4O4/c1-3-6-25-16-13(17)7-11(8-14(16)24-2)9-19-20-15-5-4-12(10-18-15)21(22)23/h1,4-5,7-10H,6H2,2H3,(H,18,20)/b19-9+. The maximum Gasteiger partial charge on any atom is 0.287 e. The molecule has 0 spiro atoms. The molecule has 0 bridgehead atoms. The van der Waals surface area contributed by atoms with Gasteiger partial charge in [0.1, 0.15) is 18.6 Å². The predicted molar refractivity (Wildman–Crippen MR) is 94.4 cm³/mol. The van der Waals surface area contributed by atoms with E-state index in [0.29, 0.717) is 27.9 Å². The fraction of sp³-hybridized carbons (Fsp3) is 0.125. The number of terminal acetylenes is 1. The largest absolute Gasteiger partial charge is 0.493 e. The molecule has 25 heavy (non-hydrogen) atoms. The summed E-state index contributed by atoms with van der Waals surface area (Å²) in [5.74, 6) is 3.47. The fourth-order valence-corrected chi connectivity index (χ4v) is 2.08. The van der Waals surface area contributed by atoms with Gasteiger partial charge in [0.15, 0.2) is 11.5 Å². The van der Waals surface area contributed by atoms with Crippen molar-refractivity contribution in [3.8, 4) is 23.8 Å². The first-order valence-corrected chi connectivity index (χ1v) is 7.26. The van der Waals surface area contributed by atoms with E-state index in [0.717, 1.165) is 6.20 Å². The summed E-state index contributed by atoms with van der Waals surface area (Å²) in [7, 11) is 1.48. The van der Waals surface area contributed by atoms with Crippen LogP contribution >= 0.6 is 11.6 Å². The van der Waals surface area contributed by atoms with Crippen molar-refractivity contribution in [2.45, 2.75) is 0 Å². The Morgan fingerprint density at radius 2 is 2.32 bits per heavy atom. The summed E-state index contributed by atoms with van der Waals surface area (Å²) in [4.78, 5) is 13.9. The molecule has 0 saturated heterocycles. The number of methoxy groups -OCH3 is 1. The Morgan fingerprint density at radius 3 is 2.92 bits per heavy atom. The topological polar surface area (TPSA) is 98.9 Å². The highest BCUT2D eigenvalue weighted by Gasteiger charge is 2.11. The van der Waals surface area contributed by atoms with Gasteiger partial charge in [0, 0.05) is 6.07 Å². The van der Waals surface area contributed by atoms with Crippen LogP contribution in [-0.2, 0) is 0 Å². The number of nitrogens with one attached hydrogen (secondary N) is 1. The van der Waals surface area contributed by atoms with E-state index in [1.165, 1.54) is 25.5 Å². The molecule has 0 aliphatic heterocycles. The van der Waals surface area contributed by atoms with Gasteiger partial charge in [-0.15, -0.1) is 6.42 Å². The number of benzene rings is 1. The van der Waals surface area contributed by atoms with E-state index in [-0.39, 0.29) is 12.3 Å². The van der Waals surface area contributed by atoms with E-state index in [1.807, 2.05) is 0 Å². The highest BCUT2D eigenvalue weighted by atomic mass is 35.5. The van der Waals surface area contributed by atoms with Crippen LogP contribution < -0.4 is 14.9 Å². The molecular formula is C16H13ClN4O4. The Balaban J connectivity index is 2.11. The minimum Gasteiger partial charge on any atom is -0.493 e. The average Bonchev–Trinajstić information content (AvgIpc) is 2.61. The zero-order valence-electron chi connectivity index (χ0n) is 13.1. The normalized spacial score (nSPS) is 10.3. The fourth-order valence-electron chi connectivity index (χ4n) is 1.80. The van der Waals surface area contributed by atoms with E-state index in [4.69, 9.17) is 27.5 Å². The zero-order chi connectivity index (χ0) is 18.2. The molecule has 0 aliphatic rings. The molecule has 0 saturated carbocycles. The third-order valence-electron chi connectivity index (χ3n) is 2.90. The van der Waals surface area contributed by atoms with Crippen LogP contribution in [0.25, 0.3) is 0 Å². The first-order chi connectivity index (χ1) is 12.0. The summed E-state index contributed by atoms with van der Waals surface area (Å²) >= 11 is 6.16. The van der Waals surface area contributed by atoms with Crippen LogP contribution in [0.5, 0.6) is 11.5 Å². The minimum atomic E-state index is -0.530. The number of anilines is 1. The number of aromatic nitrogens is 1. The maximum absolute atomic E-state index is 10.6. The Hall–Kier alpha value is -3.31. The lowest BCUT2D eigenvalue weighted by Crippen LogP contribution is -1.99. The number of halogens is 1. The monoisotopic (exact) mass is 360 g/mol. The van der Waals surface area contributed by atoms with Crippen molar-refractivity contribution in [2.75, 3.05) is 19.1 Å². The van der Waals surface area contributed by atoms with Crippen LogP contribution in [0.4, 0.5) is 11.5 Å². The summed E-state index contributed by atoms with van der Waals surface area (Å²) < 4.78 is 10.6. The van der Waals surface area contributed by atoms with Gasteiger partial charge in [-0.3, -0.25) is 15.5 Å². The number of nitro groups is 1. The quantitative estimate of drug-likeness (QED) is 0.352. The van der Waals surface area contributed by atoms with E-state index < -0.39 is 4.92 Å². The Bertz CT molecular complexity index is 831. The van der Waals surface area contributed by atoms with Crippen molar-refractivity contribution >= 4 is 29.3 Å². The summed E-state index contributed by atoms with van der Waals surface area (Å²) in [5, 5.41) is 14.9. The number of hydrogen-bond donors (Lipinski definition) is 1. The van der Waals surface area contributed by atoms with E-state index >= 15 is 0 Å². The second-order valence-corrected chi connectivity index (χ2v) is 4.96. The SMILES string of the molecule is C#CCOc1c(Cl)cc(/C=N/Nc2ccc([N+](=O)[O-])cn2)cc1OC. The Morgan fingerprint density at radius 1 is 1.52 bits per heavy atom. The van der Waals surface area contributed by atoms with Gasteiger partial charge < -0.3 is 9.47 Å². The molecule has 0 unspecified atom stereocenters. The summed E-state index contributed by atoms with van der Waals surface area (Å²) in [6, 6.07) is 6.07. The molecule has 2 rings (SSSR count). The van der Waals surface area contributed by atoms with Gasteiger partial charge >= 0.3 is 0 Å². The van der Waals surface area contributed by atoms with Crippen LogP contribution in [0.2, 0.25) is 5.02 Å². The molecule has 0 fully saturated rings. The van der Waals surface area contributed by atoms with Crippen LogP contribution in [0.15, 0.2) is 35.6 Å². The molecule has 0 radical (unpaired) electrons.